The molecule has 0 spiro atoms. The van der Waals surface area contributed by atoms with Crippen molar-refractivity contribution in [3.63, 3.8) is 0 Å². The van der Waals surface area contributed by atoms with Crippen LogP contribution in [-0.4, -0.2) is 98.6 Å². The lowest BCUT2D eigenvalue weighted by Gasteiger charge is -2.35. The normalized spacial score (nSPS) is 27.0. The number of hydrogen-bond acceptors (Lipinski definition) is 12. The maximum Gasteiger partial charge on any atom is 0.408 e. The zero-order valence-corrected chi connectivity index (χ0v) is 33.8. The van der Waals surface area contributed by atoms with E-state index >= 15 is 0 Å². The van der Waals surface area contributed by atoms with E-state index in [9.17, 15) is 24.3 Å². The predicted octanol–water partition coefficient (Wildman–Crippen LogP) is 5.67. The van der Waals surface area contributed by atoms with Crippen molar-refractivity contribution in [2.45, 2.75) is 103 Å². The lowest BCUT2D eigenvalue weighted by molar-refractivity contribution is -0.146. The van der Waals surface area contributed by atoms with Crippen LogP contribution in [0, 0.1) is 23.2 Å². The number of halogens is 1. The molecule has 1 saturated heterocycles. The van der Waals surface area contributed by atoms with Crippen LogP contribution in [0.2, 0.25) is 5.02 Å². The quantitative estimate of drug-likeness (QED) is 0.155. The number of anilines is 1. The molecule has 1 aliphatic heterocycles. The van der Waals surface area contributed by atoms with E-state index in [0.29, 0.717) is 50.1 Å². The summed E-state index contributed by atoms with van der Waals surface area (Å²) in [4.78, 5) is 60.6. The summed E-state index contributed by atoms with van der Waals surface area (Å²) in [6.07, 6.45) is 2.84. The van der Waals surface area contributed by atoms with Gasteiger partial charge in [0.1, 0.15) is 52.0 Å². The minimum absolute atomic E-state index is 0.0164. The number of hydrogen-bond donors (Lipinski definition) is 4. The van der Waals surface area contributed by atoms with E-state index in [1.807, 2.05) is 34.6 Å². The highest BCUT2D eigenvalue weighted by molar-refractivity contribution is 7.18. The van der Waals surface area contributed by atoms with Crippen LogP contribution in [0.5, 0.6) is 11.5 Å². The smallest absolute Gasteiger partial charge is 0.408 e. The summed E-state index contributed by atoms with van der Waals surface area (Å²) in [5.74, 6) is -0.877. The molecule has 7 rings (SSSR count). The van der Waals surface area contributed by atoms with Crippen molar-refractivity contribution in [3.8, 4) is 22.2 Å². The fraction of sp³-hybridized carbons (Fsp3) is 0.564. The van der Waals surface area contributed by atoms with Crippen LogP contribution >= 0.6 is 22.9 Å². The maximum absolute atomic E-state index is 14.6. The summed E-state index contributed by atoms with van der Waals surface area (Å²) in [5.41, 5.74) is -1.51. The largest absolute Gasteiger partial charge is 0.495 e. The van der Waals surface area contributed by atoms with Crippen molar-refractivity contribution >= 4 is 62.8 Å². The van der Waals surface area contributed by atoms with Gasteiger partial charge in [-0.2, -0.15) is 0 Å². The highest BCUT2D eigenvalue weighted by Crippen LogP contribution is 2.52. The summed E-state index contributed by atoms with van der Waals surface area (Å²) in [5, 5.41) is 29.4. The number of likely N-dealkylation sites (tertiary alicyclic amines) is 1. The van der Waals surface area contributed by atoms with Gasteiger partial charge in [0.15, 0.2) is 5.01 Å². The average molecular weight is 810 g/mol. The Bertz CT molecular complexity index is 2060. The lowest BCUT2D eigenvalue weighted by Crippen LogP contribution is -2.59. The summed E-state index contributed by atoms with van der Waals surface area (Å²) >= 11 is 8.10. The number of carbonyl (C=O) groups excluding carboxylic acids is 3. The fourth-order valence-electron chi connectivity index (χ4n) is 7.95. The third-order valence-electron chi connectivity index (χ3n) is 11.1. The number of rotatable bonds is 13. The van der Waals surface area contributed by atoms with E-state index in [0.717, 1.165) is 12.8 Å². The average Bonchev–Trinajstić information content (AvgIpc) is 3.80. The molecule has 1 aromatic carbocycles. The van der Waals surface area contributed by atoms with Gasteiger partial charge in [0.05, 0.1) is 19.2 Å². The number of carboxylic acid groups (broad SMARTS) is 1. The van der Waals surface area contributed by atoms with Gasteiger partial charge in [0.2, 0.25) is 16.9 Å². The van der Waals surface area contributed by atoms with Crippen LogP contribution in [0.3, 0.4) is 0 Å². The van der Waals surface area contributed by atoms with Crippen molar-refractivity contribution in [3.05, 3.63) is 35.9 Å². The molecular formula is C39H48ClN7O8S. The topological polar surface area (TPSA) is 194 Å². The number of fused-ring (bicyclic) bond motifs is 2. The van der Waals surface area contributed by atoms with E-state index in [1.54, 1.807) is 18.2 Å². The first-order valence-corrected chi connectivity index (χ1v) is 20.1. The Morgan fingerprint density at radius 3 is 2.45 bits per heavy atom. The van der Waals surface area contributed by atoms with E-state index in [4.69, 9.17) is 30.8 Å². The standard InChI is InChI=1S/C39H48ClN7O8S/c1-8-21-16-39(21,35(50)51)44-32(48)26-14-23(17-47(26)34(49)31(38(4,5)6)43-37(52)55-22-12-19-11-20(19)13-22)54-28-15-25(33-45-46-36(56-33)41-18(2)3)42-30-24(28)9-10-27(53-7)29(30)40/h8-10,15,18-23,26,31H,1,11-14,16-17H2,2-7H3,(H,41,46)(H,43,52)(H,44,48)(H,50,51)/t19-,20+,21?,22?,23-,26+,31?,39-/m1/s1. The van der Waals surface area contributed by atoms with Crippen LogP contribution in [0.15, 0.2) is 30.9 Å². The molecule has 4 N–H and O–H groups in total. The summed E-state index contributed by atoms with van der Waals surface area (Å²) in [6, 6.07) is 3.08. The second kappa shape index (κ2) is 15.0. The summed E-state index contributed by atoms with van der Waals surface area (Å²) in [7, 11) is 1.50. The number of aromatic nitrogens is 3. The number of pyridine rings is 1. The number of carboxylic acids is 1. The van der Waals surface area contributed by atoms with Crippen molar-refractivity contribution in [1.29, 1.82) is 0 Å². The Labute approximate surface area is 333 Å². The van der Waals surface area contributed by atoms with Crippen molar-refractivity contribution in [1.82, 2.24) is 30.7 Å². The fourth-order valence-corrected chi connectivity index (χ4v) is 9.09. The first-order valence-electron chi connectivity index (χ1n) is 18.9. The molecule has 3 heterocycles. The van der Waals surface area contributed by atoms with E-state index < -0.39 is 58.9 Å². The molecule has 2 aromatic heterocycles. The molecule has 15 nitrogen and oxygen atoms in total. The number of ether oxygens (including phenoxy) is 3. The zero-order chi connectivity index (χ0) is 40.3. The number of nitrogens with zero attached hydrogens (tertiary/aromatic N) is 4. The number of benzene rings is 1. The molecule has 17 heteroatoms. The maximum atomic E-state index is 14.6. The third kappa shape index (κ3) is 7.82. The Morgan fingerprint density at radius 1 is 1.09 bits per heavy atom. The summed E-state index contributed by atoms with van der Waals surface area (Å²) in [6.45, 7) is 13.1. The monoisotopic (exact) mass is 809 g/mol. The van der Waals surface area contributed by atoms with Crippen LogP contribution in [0.25, 0.3) is 21.6 Å². The van der Waals surface area contributed by atoms with Crippen LogP contribution < -0.4 is 25.4 Å². The number of nitrogens with one attached hydrogen (secondary N) is 3. The van der Waals surface area contributed by atoms with E-state index in [1.165, 1.54) is 35.8 Å². The van der Waals surface area contributed by atoms with Gasteiger partial charge in [-0.15, -0.1) is 16.8 Å². The number of methoxy groups -OCH3 is 1. The molecule has 3 unspecified atom stereocenters. The molecular weight excluding hydrogens is 762 g/mol. The van der Waals surface area contributed by atoms with E-state index in [2.05, 4.69) is 32.7 Å². The number of carbonyl (C=O) groups is 4. The van der Waals surface area contributed by atoms with E-state index in [-0.39, 0.29) is 36.6 Å². The molecule has 3 amide bonds. The molecule has 0 radical (unpaired) electrons. The van der Waals surface area contributed by atoms with Gasteiger partial charge in [-0.25, -0.2) is 14.6 Å². The molecule has 3 aromatic rings. The van der Waals surface area contributed by atoms with Gasteiger partial charge in [0, 0.05) is 29.8 Å². The predicted molar refractivity (Wildman–Crippen MR) is 210 cm³/mol. The van der Waals surface area contributed by atoms with Gasteiger partial charge in [0.25, 0.3) is 0 Å². The molecule has 300 valence electrons. The highest BCUT2D eigenvalue weighted by atomic mass is 35.5. The van der Waals surface area contributed by atoms with Crippen LogP contribution in [0.4, 0.5) is 9.93 Å². The molecule has 4 aliphatic rings. The van der Waals surface area contributed by atoms with Crippen molar-refractivity contribution in [2.24, 2.45) is 23.2 Å². The van der Waals surface area contributed by atoms with Gasteiger partial charge in [-0.3, -0.25) is 9.59 Å². The number of alkyl carbamates (subject to hydrolysis) is 1. The van der Waals surface area contributed by atoms with Gasteiger partial charge in [-0.05, 0) is 68.9 Å². The van der Waals surface area contributed by atoms with Crippen molar-refractivity contribution in [2.75, 3.05) is 19.0 Å². The van der Waals surface area contributed by atoms with Gasteiger partial charge >= 0.3 is 12.1 Å². The van der Waals surface area contributed by atoms with Crippen molar-refractivity contribution < 1.29 is 38.5 Å². The Hall–Kier alpha value is -4.70. The minimum atomic E-state index is -1.53. The lowest BCUT2D eigenvalue weighted by atomic mass is 9.85. The molecule has 56 heavy (non-hydrogen) atoms. The second-order valence-corrected chi connectivity index (χ2v) is 18.0. The molecule has 8 atom stereocenters. The Balaban J connectivity index is 1.20. The Kier molecular flexibility index (Phi) is 10.6. The number of aliphatic carboxylic acids is 1. The van der Waals surface area contributed by atoms with Crippen LogP contribution in [0.1, 0.15) is 66.7 Å². The number of amides is 3. The molecule has 0 bridgehead atoms. The Morgan fingerprint density at radius 2 is 1.82 bits per heavy atom. The third-order valence-corrected chi connectivity index (χ3v) is 12.4. The second-order valence-electron chi connectivity index (χ2n) is 16.7. The zero-order valence-electron chi connectivity index (χ0n) is 32.3. The van der Waals surface area contributed by atoms with Gasteiger partial charge < -0.3 is 40.2 Å². The molecule has 3 aliphatic carbocycles. The first kappa shape index (κ1) is 39.5. The highest BCUT2D eigenvalue weighted by Gasteiger charge is 2.61. The van der Waals surface area contributed by atoms with Gasteiger partial charge in [-0.1, -0.05) is 49.8 Å². The summed E-state index contributed by atoms with van der Waals surface area (Å²) < 4.78 is 17.9. The minimum Gasteiger partial charge on any atom is -0.495 e. The SMILES string of the molecule is C=CC1C[C@]1(NC(=O)[C@@H]1C[C@@H](Oc2cc(-c3nnc(NC(C)C)s3)nc3c(Cl)c(OC)ccc23)CN1C(=O)C(NC(=O)OC1C[C@@H]2C[C@@H]2C1)C(C)(C)C)C(=O)O. The van der Waals surface area contributed by atoms with Crippen LogP contribution in [-0.2, 0) is 19.1 Å². The molecule has 4 fully saturated rings. The first-order chi connectivity index (χ1) is 26.5. The molecule has 3 saturated carbocycles.